The summed E-state index contributed by atoms with van der Waals surface area (Å²) in [6.07, 6.45) is 3.18. The van der Waals surface area contributed by atoms with Crippen molar-refractivity contribution in [3.05, 3.63) is 150 Å². The molecular formula is C44H29N3O2. The van der Waals surface area contributed by atoms with E-state index in [0.29, 0.717) is 17.5 Å². The largest absolute Gasteiger partial charge is 0.456 e. The number of hydrogen-bond acceptors (Lipinski definition) is 5. The second kappa shape index (κ2) is 10.9. The van der Waals surface area contributed by atoms with Gasteiger partial charge in [0.2, 0.25) is 0 Å². The van der Waals surface area contributed by atoms with Crippen molar-refractivity contribution in [2.45, 2.75) is 13.3 Å². The SMILES string of the molecule is CC1Cc2ccccc2C=C1c1nc(-c2cccc(-c3cccc4oc5ccccc5c34)c2)nc(-c2cccc3oc4ccccc4c23)n1. The average molecular weight is 632 g/mol. The Balaban J connectivity index is 1.20. The van der Waals surface area contributed by atoms with Gasteiger partial charge in [-0.25, -0.2) is 15.0 Å². The van der Waals surface area contributed by atoms with Gasteiger partial charge in [-0.15, -0.1) is 0 Å². The molecule has 3 aromatic heterocycles. The highest BCUT2D eigenvalue weighted by atomic mass is 16.3. The Morgan fingerprint density at radius 1 is 0.510 bits per heavy atom. The lowest BCUT2D eigenvalue weighted by molar-refractivity contribution is 0.668. The third-order valence-electron chi connectivity index (χ3n) is 9.79. The first kappa shape index (κ1) is 27.8. The molecule has 232 valence electrons. The van der Waals surface area contributed by atoms with Gasteiger partial charge in [-0.05, 0) is 71.0 Å². The first-order chi connectivity index (χ1) is 24.2. The minimum Gasteiger partial charge on any atom is -0.456 e. The zero-order chi connectivity index (χ0) is 32.5. The van der Waals surface area contributed by atoms with Crippen LogP contribution in [0.15, 0.2) is 142 Å². The fourth-order valence-corrected chi connectivity index (χ4v) is 7.45. The maximum absolute atomic E-state index is 6.27. The Hall–Kier alpha value is -6.33. The topological polar surface area (TPSA) is 65.0 Å². The summed E-state index contributed by atoms with van der Waals surface area (Å²) in [4.78, 5) is 15.6. The number of fused-ring (bicyclic) bond motifs is 7. The number of benzene rings is 6. The summed E-state index contributed by atoms with van der Waals surface area (Å²) in [7, 11) is 0. The predicted molar refractivity (Wildman–Crippen MR) is 198 cm³/mol. The van der Waals surface area contributed by atoms with E-state index < -0.39 is 0 Å². The Kier molecular flexibility index (Phi) is 6.15. The zero-order valence-corrected chi connectivity index (χ0v) is 26.7. The van der Waals surface area contributed by atoms with Crippen LogP contribution in [0.1, 0.15) is 23.9 Å². The summed E-state index contributed by atoms with van der Waals surface area (Å²) < 4.78 is 12.5. The Labute approximate surface area is 282 Å². The van der Waals surface area contributed by atoms with E-state index in [1.807, 2.05) is 48.5 Å². The highest BCUT2D eigenvalue weighted by Gasteiger charge is 2.24. The smallest absolute Gasteiger partial charge is 0.164 e. The molecule has 1 atom stereocenters. The molecule has 1 aliphatic rings. The lowest BCUT2D eigenvalue weighted by Gasteiger charge is -2.22. The average Bonchev–Trinajstić information content (AvgIpc) is 3.73. The van der Waals surface area contributed by atoms with Crippen molar-refractivity contribution >= 4 is 55.5 Å². The standard InChI is InChI=1S/C44H29N3O2/c1-26-23-27-11-2-3-12-28(27)25-35(26)44-46-42(45-43(47-44)34-18-10-22-39-41(34)33-16-5-7-20-37(33)49-39)30-14-8-13-29(24-30)31-17-9-21-38-40(31)32-15-4-6-19-36(32)48-38/h2-22,24-26H,23H2,1H3. The first-order valence-electron chi connectivity index (χ1n) is 16.7. The summed E-state index contributed by atoms with van der Waals surface area (Å²) >= 11 is 0. The number of nitrogens with zero attached hydrogens (tertiary/aromatic N) is 3. The molecule has 0 saturated heterocycles. The van der Waals surface area contributed by atoms with Crippen LogP contribution in [0.2, 0.25) is 0 Å². The number of aromatic nitrogens is 3. The van der Waals surface area contributed by atoms with Crippen molar-refractivity contribution in [3.63, 3.8) is 0 Å². The molecule has 1 unspecified atom stereocenters. The normalized spacial score (nSPS) is 14.5. The monoisotopic (exact) mass is 631 g/mol. The molecule has 0 saturated carbocycles. The maximum Gasteiger partial charge on any atom is 0.164 e. The van der Waals surface area contributed by atoms with Crippen LogP contribution < -0.4 is 0 Å². The Morgan fingerprint density at radius 2 is 1.08 bits per heavy atom. The van der Waals surface area contributed by atoms with Crippen molar-refractivity contribution in [1.29, 1.82) is 0 Å². The van der Waals surface area contributed by atoms with E-state index in [1.54, 1.807) is 0 Å². The molecular weight excluding hydrogens is 603 g/mol. The molecule has 0 bridgehead atoms. The van der Waals surface area contributed by atoms with E-state index >= 15 is 0 Å². The zero-order valence-electron chi connectivity index (χ0n) is 26.7. The molecule has 1 aliphatic carbocycles. The number of allylic oxidation sites excluding steroid dienone is 1. The van der Waals surface area contributed by atoms with Gasteiger partial charge in [0.15, 0.2) is 17.5 Å². The van der Waals surface area contributed by atoms with Crippen molar-refractivity contribution in [1.82, 2.24) is 15.0 Å². The molecule has 5 nitrogen and oxygen atoms in total. The maximum atomic E-state index is 6.27. The summed E-state index contributed by atoms with van der Waals surface area (Å²) in [5.41, 5.74) is 11.1. The minimum absolute atomic E-state index is 0.238. The quantitative estimate of drug-likeness (QED) is 0.193. The van der Waals surface area contributed by atoms with Crippen LogP contribution in [0.3, 0.4) is 0 Å². The highest BCUT2D eigenvalue weighted by molar-refractivity contribution is 6.13. The van der Waals surface area contributed by atoms with Gasteiger partial charge in [0.25, 0.3) is 0 Å². The lowest BCUT2D eigenvalue weighted by Crippen LogP contribution is -2.13. The third kappa shape index (κ3) is 4.50. The molecule has 0 spiro atoms. The molecule has 0 aliphatic heterocycles. The second-order valence-electron chi connectivity index (χ2n) is 12.8. The van der Waals surface area contributed by atoms with Gasteiger partial charge in [-0.2, -0.15) is 0 Å². The van der Waals surface area contributed by atoms with Crippen molar-refractivity contribution < 1.29 is 8.83 Å². The molecule has 3 heterocycles. The van der Waals surface area contributed by atoms with E-state index in [1.165, 1.54) is 11.1 Å². The Bertz CT molecular complexity index is 2790. The second-order valence-corrected chi connectivity index (χ2v) is 12.8. The summed E-state index contributed by atoms with van der Waals surface area (Å²) in [6.45, 7) is 2.26. The number of furan rings is 2. The molecule has 0 N–H and O–H groups in total. The van der Waals surface area contributed by atoms with Crippen molar-refractivity contribution in [2.24, 2.45) is 5.92 Å². The van der Waals surface area contributed by atoms with Gasteiger partial charge in [0.1, 0.15) is 22.3 Å². The van der Waals surface area contributed by atoms with E-state index in [9.17, 15) is 0 Å². The molecule has 9 aromatic rings. The van der Waals surface area contributed by atoms with Gasteiger partial charge in [-0.3, -0.25) is 0 Å². The molecule has 6 aromatic carbocycles. The molecule has 49 heavy (non-hydrogen) atoms. The van der Waals surface area contributed by atoms with Gasteiger partial charge < -0.3 is 8.83 Å². The van der Waals surface area contributed by atoms with E-state index in [2.05, 4.69) is 97.9 Å². The van der Waals surface area contributed by atoms with Crippen LogP contribution in [-0.2, 0) is 6.42 Å². The lowest BCUT2D eigenvalue weighted by atomic mass is 9.84. The fourth-order valence-electron chi connectivity index (χ4n) is 7.45. The number of rotatable bonds is 4. The van der Waals surface area contributed by atoms with Crippen LogP contribution in [0.4, 0.5) is 0 Å². The van der Waals surface area contributed by atoms with Crippen LogP contribution in [0, 0.1) is 5.92 Å². The van der Waals surface area contributed by atoms with Crippen LogP contribution in [-0.4, -0.2) is 15.0 Å². The predicted octanol–water partition coefficient (Wildman–Crippen LogP) is 11.4. The van der Waals surface area contributed by atoms with Gasteiger partial charge in [-0.1, -0.05) is 110 Å². The van der Waals surface area contributed by atoms with Crippen LogP contribution in [0.25, 0.3) is 89.4 Å². The van der Waals surface area contributed by atoms with Gasteiger partial charge >= 0.3 is 0 Å². The van der Waals surface area contributed by atoms with E-state index in [-0.39, 0.29) is 5.92 Å². The van der Waals surface area contributed by atoms with E-state index in [0.717, 1.165) is 78.1 Å². The summed E-state index contributed by atoms with van der Waals surface area (Å²) in [5.74, 6) is 2.18. The molecule has 0 radical (unpaired) electrons. The Morgan fingerprint density at radius 3 is 1.86 bits per heavy atom. The molecule has 10 rings (SSSR count). The minimum atomic E-state index is 0.238. The first-order valence-corrected chi connectivity index (χ1v) is 16.7. The van der Waals surface area contributed by atoms with E-state index in [4.69, 9.17) is 23.8 Å². The van der Waals surface area contributed by atoms with Crippen LogP contribution >= 0.6 is 0 Å². The molecule has 0 amide bonds. The van der Waals surface area contributed by atoms with Crippen molar-refractivity contribution in [2.75, 3.05) is 0 Å². The third-order valence-corrected chi connectivity index (χ3v) is 9.79. The summed E-state index contributed by atoms with van der Waals surface area (Å²) in [5, 5.41) is 4.25. The summed E-state index contributed by atoms with van der Waals surface area (Å²) in [6, 6.07) is 45.8. The molecule has 5 heteroatoms. The van der Waals surface area contributed by atoms with Crippen LogP contribution in [0.5, 0.6) is 0 Å². The van der Waals surface area contributed by atoms with Crippen molar-refractivity contribution in [3.8, 4) is 33.9 Å². The highest BCUT2D eigenvalue weighted by Crippen LogP contribution is 2.40. The molecule has 0 fully saturated rings. The fraction of sp³-hybridized carbons (Fsp3) is 0.0682. The van der Waals surface area contributed by atoms with Gasteiger partial charge in [0, 0.05) is 38.2 Å². The number of hydrogen-bond donors (Lipinski definition) is 0. The van der Waals surface area contributed by atoms with Gasteiger partial charge in [0.05, 0.1) is 0 Å². The number of para-hydroxylation sites is 2.